The SMILES string of the molecule is CC(C)CC(CO)NC(=O)NCCSc1ccccc1. The molecule has 4 nitrogen and oxygen atoms in total. The van der Waals surface area contributed by atoms with Crippen LogP contribution in [-0.2, 0) is 0 Å². The van der Waals surface area contributed by atoms with E-state index >= 15 is 0 Å². The second kappa shape index (κ2) is 9.66. The van der Waals surface area contributed by atoms with E-state index in [1.807, 2.05) is 18.2 Å². The van der Waals surface area contributed by atoms with Crippen LogP contribution in [0.5, 0.6) is 0 Å². The molecular weight excluding hydrogens is 272 g/mol. The Kier molecular flexibility index (Phi) is 8.14. The first-order valence-electron chi connectivity index (χ1n) is 6.95. The number of aliphatic hydroxyl groups is 1. The maximum Gasteiger partial charge on any atom is 0.315 e. The van der Waals surface area contributed by atoms with Gasteiger partial charge in [-0.1, -0.05) is 32.0 Å². The van der Waals surface area contributed by atoms with Crippen molar-refractivity contribution in [3.8, 4) is 0 Å². The first kappa shape index (κ1) is 16.9. The van der Waals surface area contributed by atoms with Crippen LogP contribution in [0.4, 0.5) is 4.79 Å². The molecule has 0 aliphatic heterocycles. The van der Waals surface area contributed by atoms with Crippen LogP contribution < -0.4 is 10.6 Å². The van der Waals surface area contributed by atoms with Crippen molar-refractivity contribution in [1.29, 1.82) is 0 Å². The Labute approximate surface area is 125 Å². The zero-order valence-corrected chi connectivity index (χ0v) is 13.0. The highest BCUT2D eigenvalue weighted by atomic mass is 32.2. The van der Waals surface area contributed by atoms with Gasteiger partial charge >= 0.3 is 6.03 Å². The molecule has 1 unspecified atom stereocenters. The van der Waals surface area contributed by atoms with Gasteiger partial charge in [-0.25, -0.2) is 4.79 Å². The van der Waals surface area contributed by atoms with Crippen LogP contribution in [0.2, 0.25) is 0 Å². The number of carbonyl (C=O) groups is 1. The number of hydrogen-bond acceptors (Lipinski definition) is 3. The summed E-state index contributed by atoms with van der Waals surface area (Å²) < 4.78 is 0. The Hall–Kier alpha value is -1.20. The summed E-state index contributed by atoms with van der Waals surface area (Å²) in [7, 11) is 0. The third kappa shape index (κ3) is 7.40. The third-order valence-corrected chi connectivity index (χ3v) is 3.72. The van der Waals surface area contributed by atoms with Crippen LogP contribution in [0.25, 0.3) is 0 Å². The second-order valence-corrected chi connectivity index (χ2v) is 6.24. The van der Waals surface area contributed by atoms with Gasteiger partial charge < -0.3 is 15.7 Å². The predicted molar refractivity (Wildman–Crippen MR) is 84.0 cm³/mol. The van der Waals surface area contributed by atoms with Gasteiger partial charge in [-0.15, -0.1) is 11.8 Å². The van der Waals surface area contributed by atoms with Crippen molar-refractivity contribution in [3.63, 3.8) is 0 Å². The predicted octanol–water partition coefficient (Wildman–Crippen LogP) is 2.48. The topological polar surface area (TPSA) is 61.4 Å². The highest BCUT2D eigenvalue weighted by Gasteiger charge is 2.12. The van der Waals surface area contributed by atoms with Gasteiger partial charge in [0.25, 0.3) is 0 Å². The minimum Gasteiger partial charge on any atom is -0.394 e. The lowest BCUT2D eigenvalue weighted by Crippen LogP contribution is -2.44. The molecule has 0 saturated carbocycles. The Morgan fingerprint density at radius 2 is 2.00 bits per heavy atom. The zero-order valence-electron chi connectivity index (χ0n) is 12.1. The van der Waals surface area contributed by atoms with Gasteiger partial charge in [0, 0.05) is 17.2 Å². The van der Waals surface area contributed by atoms with E-state index in [2.05, 4.69) is 36.6 Å². The van der Waals surface area contributed by atoms with E-state index in [1.165, 1.54) is 4.90 Å². The van der Waals surface area contributed by atoms with Gasteiger partial charge in [-0.3, -0.25) is 0 Å². The molecule has 0 radical (unpaired) electrons. The van der Waals surface area contributed by atoms with Crippen molar-refractivity contribution in [2.24, 2.45) is 5.92 Å². The number of nitrogens with one attached hydrogen (secondary N) is 2. The maximum absolute atomic E-state index is 11.7. The molecule has 0 heterocycles. The van der Waals surface area contributed by atoms with Crippen molar-refractivity contribution in [2.45, 2.75) is 31.2 Å². The zero-order chi connectivity index (χ0) is 14.8. The van der Waals surface area contributed by atoms with Gasteiger partial charge in [0.05, 0.1) is 12.6 Å². The maximum atomic E-state index is 11.7. The molecule has 1 atom stereocenters. The van der Waals surface area contributed by atoms with E-state index in [9.17, 15) is 9.90 Å². The van der Waals surface area contributed by atoms with Crippen molar-refractivity contribution in [3.05, 3.63) is 30.3 Å². The van der Waals surface area contributed by atoms with Gasteiger partial charge in [-0.05, 0) is 24.5 Å². The molecule has 1 aromatic rings. The van der Waals surface area contributed by atoms with E-state index in [1.54, 1.807) is 11.8 Å². The van der Waals surface area contributed by atoms with Crippen molar-refractivity contribution < 1.29 is 9.90 Å². The molecule has 2 amide bonds. The minimum atomic E-state index is -0.210. The summed E-state index contributed by atoms with van der Waals surface area (Å²) >= 11 is 1.71. The molecule has 3 N–H and O–H groups in total. The van der Waals surface area contributed by atoms with Crippen molar-refractivity contribution >= 4 is 17.8 Å². The van der Waals surface area contributed by atoms with Crippen LogP contribution in [-0.4, -0.2) is 36.1 Å². The average Bonchev–Trinajstić information content (AvgIpc) is 2.43. The molecule has 0 spiro atoms. The molecular formula is C15H24N2O2S. The monoisotopic (exact) mass is 296 g/mol. The Bertz CT molecular complexity index is 385. The highest BCUT2D eigenvalue weighted by Crippen LogP contribution is 2.15. The van der Waals surface area contributed by atoms with E-state index in [0.717, 1.165) is 12.2 Å². The summed E-state index contributed by atoms with van der Waals surface area (Å²) in [6.07, 6.45) is 0.780. The molecule has 1 rings (SSSR count). The normalized spacial score (nSPS) is 12.2. The molecule has 1 aromatic carbocycles. The molecule has 0 aliphatic carbocycles. The van der Waals surface area contributed by atoms with Crippen LogP contribution in [0.1, 0.15) is 20.3 Å². The molecule has 20 heavy (non-hydrogen) atoms. The van der Waals surface area contributed by atoms with Gasteiger partial charge in [-0.2, -0.15) is 0 Å². The second-order valence-electron chi connectivity index (χ2n) is 5.07. The first-order valence-corrected chi connectivity index (χ1v) is 7.93. The number of rotatable bonds is 8. The number of hydrogen-bond donors (Lipinski definition) is 3. The average molecular weight is 296 g/mol. The fourth-order valence-electron chi connectivity index (χ4n) is 1.83. The third-order valence-electron chi connectivity index (χ3n) is 2.71. The lowest BCUT2D eigenvalue weighted by atomic mass is 10.0. The van der Waals surface area contributed by atoms with Gasteiger partial charge in [0.15, 0.2) is 0 Å². The number of benzene rings is 1. The molecule has 0 saturated heterocycles. The fourth-order valence-corrected chi connectivity index (χ4v) is 2.62. The van der Waals surface area contributed by atoms with Crippen LogP contribution >= 0.6 is 11.8 Å². The largest absolute Gasteiger partial charge is 0.394 e. The standard InChI is InChI=1S/C15H24N2O2S/c1-12(2)10-13(11-18)17-15(19)16-8-9-20-14-6-4-3-5-7-14/h3-7,12-13,18H,8-11H2,1-2H3,(H2,16,17,19). The number of thioether (sulfide) groups is 1. The lowest BCUT2D eigenvalue weighted by molar-refractivity contribution is 0.207. The smallest absolute Gasteiger partial charge is 0.315 e. The van der Waals surface area contributed by atoms with Crippen LogP contribution in [0, 0.1) is 5.92 Å². The summed E-state index contributed by atoms with van der Waals surface area (Å²) in [5.41, 5.74) is 0. The molecule has 0 aliphatic rings. The Balaban J connectivity index is 2.16. The van der Waals surface area contributed by atoms with E-state index in [0.29, 0.717) is 12.5 Å². The molecule has 112 valence electrons. The fraction of sp³-hybridized carbons (Fsp3) is 0.533. The number of carbonyl (C=O) groups excluding carboxylic acids is 1. The van der Waals surface area contributed by atoms with Gasteiger partial charge in [0.1, 0.15) is 0 Å². The summed E-state index contributed by atoms with van der Waals surface area (Å²) in [6.45, 7) is 4.72. The van der Waals surface area contributed by atoms with Crippen molar-refractivity contribution in [2.75, 3.05) is 18.9 Å². The van der Waals surface area contributed by atoms with Crippen molar-refractivity contribution in [1.82, 2.24) is 10.6 Å². The first-order chi connectivity index (χ1) is 9.61. The molecule has 0 bridgehead atoms. The summed E-state index contributed by atoms with van der Waals surface area (Å²) in [6, 6.07) is 9.71. The molecule has 0 fully saturated rings. The Morgan fingerprint density at radius 1 is 1.30 bits per heavy atom. The lowest BCUT2D eigenvalue weighted by Gasteiger charge is -2.18. The van der Waals surface area contributed by atoms with Gasteiger partial charge in [0.2, 0.25) is 0 Å². The summed E-state index contributed by atoms with van der Waals surface area (Å²) in [4.78, 5) is 12.9. The van der Waals surface area contributed by atoms with E-state index in [-0.39, 0.29) is 18.7 Å². The number of aliphatic hydroxyl groups excluding tert-OH is 1. The molecule has 0 aromatic heterocycles. The van der Waals surface area contributed by atoms with Crippen LogP contribution in [0.3, 0.4) is 0 Å². The minimum absolute atomic E-state index is 0.0234. The van der Waals surface area contributed by atoms with E-state index in [4.69, 9.17) is 0 Å². The van der Waals surface area contributed by atoms with Crippen LogP contribution in [0.15, 0.2) is 35.2 Å². The summed E-state index contributed by atoms with van der Waals surface area (Å²) in [5.74, 6) is 1.27. The van der Waals surface area contributed by atoms with E-state index < -0.39 is 0 Å². The molecule has 5 heteroatoms. The Morgan fingerprint density at radius 3 is 2.60 bits per heavy atom. The summed E-state index contributed by atoms with van der Waals surface area (Å²) in [5, 5.41) is 14.8. The number of amides is 2. The number of urea groups is 1. The quantitative estimate of drug-likeness (QED) is 0.510. The highest BCUT2D eigenvalue weighted by molar-refractivity contribution is 7.99.